The van der Waals surface area contributed by atoms with Crippen LogP contribution < -0.4 is 24.7 Å². The van der Waals surface area contributed by atoms with Crippen molar-refractivity contribution in [2.24, 2.45) is 0 Å². The first kappa shape index (κ1) is 28.1. The number of carbonyl (C=O) groups excluding carboxylic acids is 1. The number of rotatable bonds is 9. The fourth-order valence-electron chi connectivity index (χ4n) is 4.75. The zero-order chi connectivity index (χ0) is 30.5. The second-order valence-corrected chi connectivity index (χ2v) is 9.71. The van der Waals surface area contributed by atoms with E-state index in [1.165, 1.54) is 11.1 Å². The largest absolute Gasteiger partial charge is 0.493 e. The number of carbonyl (C=O) groups is 1. The van der Waals surface area contributed by atoms with E-state index in [-0.39, 0.29) is 12.1 Å². The molecule has 0 aliphatic rings. The van der Waals surface area contributed by atoms with E-state index < -0.39 is 11.5 Å². The number of pyridine rings is 4. The van der Waals surface area contributed by atoms with Gasteiger partial charge in [0.05, 0.1) is 38.2 Å². The number of anilines is 1. The number of aromatic amines is 1. The van der Waals surface area contributed by atoms with Crippen molar-refractivity contribution >= 4 is 22.6 Å². The maximum absolute atomic E-state index is 14.0. The highest BCUT2D eigenvalue weighted by Gasteiger charge is 2.23. The number of aromatic nitrogens is 4. The normalized spacial score (nSPS) is 10.8. The second kappa shape index (κ2) is 12.5. The lowest BCUT2D eigenvalue weighted by molar-refractivity contribution is 0.0983. The van der Waals surface area contributed by atoms with Crippen molar-refractivity contribution in [1.29, 1.82) is 0 Å². The molecule has 6 rings (SSSR count). The van der Waals surface area contributed by atoms with Gasteiger partial charge >= 0.3 is 0 Å². The van der Waals surface area contributed by atoms with Gasteiger partial charge in [0.25, 0.3) is 11.5 Å². The van der Waals surface area contributed by atoms with Gasteiger partial charge in [-0.3, -0.25) is 24.5 Å². The molecule has 0 spiro atoms. The molecule has 0 bridgehead atoms. The third-order valence-corrected chi connectivity index (χ3v) is 6.95. The van der Waals surface area contributed by atoms with Crippen LogP contribution in [0.1, 0.15) is 15.9 Å². The molecule has 0 radical (unpaired) electrons. The molecule has 1 N–H and O–H groups in total. The van der Waals surface area contributed by atoms with Crippen molar-refractivity contribution in [3.05, 3.63) is 131 Å². The lowest BCUT2D eigenvalue weighted by atomic mass is 10.1. The lowest BCUT2D eigenvalue weighted by Gasteiger charge is -2.22. The summed E-state index contributed by atoms with van der Waals surface area (Å²) < 4.78 is 17.0. The summed E-state index contributed by atoms with van der Waals surface area (Å²) in [6.45, 7) is 0.191. The zero-order valence-electron chi connectivity index (χ0n) is 23.9. The van der Waals surface area contributed by atoms with Crippen LogP contribution in [0.2, 0.25) is 0 Å². The number of fused-ring (bicyclic) bond motifs is 1. The number of nitrogens with zero attached hydrogens (tertiary/aromatic N) is 4. The summed E-state index contributed by atoms with van der Waals surface area (Å²) in [7, 11) is 3.13. The van der Waals surface area contributed by atoms with Crippen LogP contribution in [0.15, 0.2) is 115 Å². The Morgan fingerprint density at radius 3 is 2.34 bits per heavy atom. The van der Waals surface area contributed by atoms with Gasteiger partial charge in [-0.15, -0.1) is 0 Å². The first-order valence-electron chi connectivity index (χ1n) is 13.7. The molecular formula is C34H27N5O5. The molecule has 1 amide bonds. The number of benzene rings is 2. The molecule has 0 aliphatic carbocycles. The lowest BCUT2D eigenvalue weighted by Crippen LogP contribution is -2.35. The molecule has 10 heteroatoms. The predicted octanol–water partition coefficient (Wildman–Crippen LogP) is 6.04. The molecular weight excluding hydrogens is 558 g/mol. The van der Waals surface area contributed by atoms with E-state index in [9.17, 15) is 9.59 Å². The van der Waals surface area contributed by atoms with Crippen molar-refractivity contribution in [3.8, 4) is 34.3 Å². The van der Waals surface area contributed by atoms with Gasteiger partial charge in [-0.2, -0.15) is 0 Å². The van der Waals surface area contributed by atoms with Gasteiger partial charge in [-0.1, -0.05) is 36.4 Å². The van der Waals surface area contributed by atoms with E-state index in [1.54, 1.807) is 75.3 Å². The third kappa shape index (κ3) is 5.82. The summed E-state index contributed by atoms with van der Waals surface area (Å²) in [5, 5.41) is 0.724. The van der Waals surface area contributed by atoms with Crippen LogP contribution in [0.25, 0.3) is 22.2 Å². The maximum Gasteiger partial charge on any atom is 0.265 e. The number of hydrogen-bond donors (Lipinski definition) is 1. The zero-order valence-corrected chi connectivity index (χ0v) is 23.9. The summed E-state index contributed by atoms with van der Waals surface area (Å²) >= 11 is 0. The van der Waals surface area contributed by atoms with E-state index in [0.717, 1.165) is 10.9 Å². The highest BCUT2D eigenvalue weighted by Crippen LogP contribution is 2.37. The molecule has 4 aromatic heterocycles. The van der Waals surface area contributed by atoms with Gasteiger partial charge in [0, 0.05) is 35.6 Å². The molecule has 10 nitrogen and oxygen atoms in total. The Morgan fingerprint density at radius 1 is 0.818 bits per heavy atom. The summed E-state index contributed by atoms with van der Waals surface area (Å²) in [6, 6.07) is 25.2. The van der Waals surface area contributed by atoms with Gasteiger partial charge in [0.15, 0.2) is 11.5 Å². The molecule has 6 aromatic rings. The molecule has 218 valence electrons. The maximum atomic E-state index is 14.0. The van der Waals surface area contributed by atoms with Gasteiger partial charge in [0.2, 0.25) is 0 Å². The minimum Gasteiger partial charge on any atom is -0.493 e. The Bertz CT molecular complexity index is 1980. The van der Waals surface area contributed by atoms with Gasteiger partial charge < -0.3 is 19.2 Å². The average Bonchev–Trinajstić information content (AvgIpc) is 3.08. The van der Waals surface area contributed by atoms with E-state index in [4.69, 9.17) is 14.2 Å². The molecule has 0 fully saturated rings. The summed E-state index contributed by atoms with van der Waals surface area (Å²) in [5.74, 6) is 1.93. The molecule has 0 saturated heterocycles. The Labute approximate surface area is 252 Å². The Hall–Kier alpha value is -6.03. The number of methoxy groups -OCH3 is 2. The third-order valence-electron chi connectivity index (χ3n) is 6.95. The van der Waals surface area contributed by atoms with Crippen molar-refractivity contribution in [3.63, 3.8) is 0 Å². The SMILES string of the molecule is COc1cc2nccc(Oc3ccc(N(Cc4ccccc4)C(=O)c4cc(-c5ccccn5)c[nH]c4=O)nc3)c2cc1OC. The highest BCUT2D eigenvalue weighted by molar-refractivity contribution is 6.05. The Balaban J connectivity index is 1.33. The number of ether oxygens (including phenoxy) is 3. The van der Waals surface area contributed by atoms with E-state index >= 15 is 0 Å². The average molecular weight is 586 g/mol. The van der Waals surface area contributed by atoms with E-state index in [1.807, 2.05) is 42.5 Å². The van der Waals surface area contributed by atoms with Crippen molar-refractivity contribution < 1.29 is 19.0 Å². The first-order chi connectivity index (χ1) is 21.5. The summed E-state index contributed by atoms with van der Waals surface area (Å²) in [6.07, 6.45) is 6.37. The van der Waals surface area contributed by atoms with Crippen LogP contribution in [0.5, 0.6) is 23.0 Å². The second-order valence-electron chi connectivity index (χ2n) is 9.71. The van der Waals surface area contributed by atoms with E-state index in [2.05, 4.69) is 19.9 Å². The number of hydrogen-bond acceptors (Lipinski definition) is 8. The molecule has 0 aliphatic heterocycles. The fraction of sp³-hybridized carbons (Fsp3) is 0.0882. The molecule has 4 heterocycles. The van der Waals surface area contributed by atoms with E-state index in [0.29, 0.717) is 45.6 Å². The standard InChI is InChI=1S/C34H27N5O5/c1-42-30-17-25-28(18-31(30)43-2)36-15-13-29(25)44-24-11-12-32(37-20-24)39(21-22-8-4-3-5-9-22)34(41)26-16-23(19-38-33(26)40)27-10-6-7-14-35-27/h3-20H,21H2,1-2H3,(H,38,40). The quantitative estimate of drug-likeness (QED) is 0.218. The predicted molar refractivity (Wildman–Crippen MR) is 166 cm³/mol. The van der Waals surface area contributed by atoms with Gasteiger partial charge in [-0.25, -0.2) is 4.98 Å². The molecule has 44 heavy (non-hydrogen) atoms. The minimum absolute atomic E-state index is 0.0289. The van der Waals surface area contributed by atoms with Gasteiger partial charge in [0.1, 0.15) is 22.9 Å². The van der Waals surface area contributed by atoms with Crippen LogP contribution in [0.4, 0.5) is 5.82 Å². The minimum atomic E-state index is -0.510. The van der Waals surface area contributed by atoms with Crippen LogP contribution in [-0.4, -0.2) is 40.1 Å². The van der Waals surface area contributed by atoms with Crippen molar-refractivity contribution in [2.45, 2.75) is 6.54 Å². The van der Waals surface area contributed by atoms with Crippen LogP contribution in [0, 0.1) is 0 Å². The first-order valence-corrected chi connectivity index (χ1v) is 13.7. The highest BCUT2D eigenvalue weighted by atomic mass is 16.5. The van der Waals surface area contributed by atoms with Gasteiger partial charge in [-0.05, 0) is 48.0 Å². The van der Waals surface area contributed by atoms with Crippen LogP contribution in [0.3, 0.4) is 0 Å². The number of nitrogens with one attached hydrogen (secondary N) is 1. The fourth-order valence-corrected chi connectivity index (χ4v) is 4.75. The molecule has 0 unspecified atom stereocenters. The summed E-state index contributed by atoms with van der Waals surface area (Å²) in [5.41, 5.74) is 2.24. The van der Waals surface area contributed by atoms with Crippen LogP contribution in [-0.2, 0) is 6.54 Å². The smallest absolute Gasteiger partial charge is 0.265 e. The van der Waals surface area contributed by atoms with Crippen LogP contribution >= 0.6 is 0 Å². The Morgan fingerprint density at radius 2 is 1.61 bits per heavy atom. The topological polar surface area (TPSA) is 120 Å². The molecule has 0 saturated carbocycles. The van der Waals surface area contributed by atoms with Crippen molar-refractivity contribution in [1.82, 2.24) is 19.9 Å². The Kier molecular flexibility index (Phi) is 7.96. The van der Waals surface area contributed by atoms with Crippen molar-refractivity contribution in [2.75, 3.05) is 19.1 Å². The number of amides is 1. The number of H-pyrrole nitrogens is 1. The molecule has 0 atom stereocenters. The summed E-state index contributed by atoms with van der Waals surface area (Å²) in [4.78, 5) is 44.3. The monoisotopic (exact) mass is 585 g/mol. The molecule has 2 aromatic carbocycles.